The molecule has 5 nitrogen and oxygen atoms in total. The molecule has 126 valence electrons. The normalized spacial score (nSPS) is 23.5. The lowest BCUT2D eigenvalue weighted by molar-refractivity contribution is 0.140. The maximum atomic E-state index is 5.01. The summed E-state index contributed by atoms with van der Waals surface area (Å²) >= 11 is 0. The van der Waals surface area contributed by atoms with Crippen molar-refractivity contribution in [3.05, 3.63) is 0 Å². The molecule has 1 aliphatic heterocycles. The van der Waals surface area contributed by atoms with E-state index in [-0.39, 0.29) is 24.0 Å². The van der Waals surface area contributed by atoms with E-state index >= 15 is 0 Å². The molecule has 0 spiro atoms. The van der Waals surface area contributed by atoms with Crippen molar-refractivity contribution in [1.29, 1.82) is 0 Å². The van der Waals surface area contributed by atoms with Gasteiger partial charge in [-0.25, -0.2) is 0 Å². The van der Waals surface area contributed by atoms with Crippen molar-refractivity contribution >= 4 is 29.9 Å². The highest BCUT2D eigenvalue weighted by atomic mass is 127. The van der Waals surface area contributed by atoms with Gasteiger partial charge in [0.1, 0.15) is 0 Å². The summed E-state index contributed by atoms with van der Waals surface area (Å²) in [6, 6.07) is 0. The van der Waals surface area contributed by atoms with Crippen LogP contribution in [0.3, 0.4) is 0 Å². The van der Waals surface area contributed by atoms with E-state index in [4.69, 9.17) is 4.74 Å². The van der Waals surface area contributed by atoms with Gasteiger partial charge in [0.05, 0.1) is 6.61 Å². The molecule has 1 aliphatic rings. The van der Waals surface area contributed by atoms with Gasteiger partial charge in [0.2, 0.25) is 0 Å². The molecule has 0 aromatic rings. The molecular weight excluding hydrogens is 379 g/mol. The van der Waals surface area contributed by atoms with E-state index in [1.165, 1.54) is 26.1 Å². The van der Waals surface area contributed by atoms with Gasteiger partial charge >= 0.3 is 0 Å². The number of nitrogens with one attached hydrogen (secondary N) is 2. The number of piperidine rings is 1. The molecule has 2 unspecified atom stereocenters. The smallest absolute Gasteiger partial charge is 0.191 e. The van der Waals surface area contributed by atoms with E-state index in [0.29, 0.717) is 6.61 Å². The Kier molecular flexibility index (Phi) is 12.4. The Balaban J connectivity index is 0.00000400. The standard InChI is InChI=1S/C15H32N4O.HI/c1-13-10-14(2)12-19(11-13)8-5-6-17-15(16-3)18-7-9-20-4;/h13-14H,5-12H2,1-4H3,(H2,16,17,18);1H. The van der Waals surface area contributed by atoms with Crippen LogP contribution in [0, 0.1) is 11.8 Å². The molecule has 0 aliphatic carbocycles. The Morgan fingerprint density at radius 3 is 2.38 bits per heavy atom. The zero-order chi connectivity index (χ0) is 14.8. The molecule has 2 atom stereocenters. The van der Waals surface area contributed by atoms with Crippen LogP contribution < -0.4 is 10.6 Å². The minimum atomic E-state index is 0. The summed E-state index contributed by atoms with van der Waals surface area (Å²) in [4.78, 5) is 6.79. The number of guanidine groups is 1. The first kappa shape index (κ1) is 20.9. The summed E-state index contributed by atoms with van der Waals surface area (Å²) in [5.41, 5.74) is 0. The number of nitrogens with zero attached hydrogens (tertiary/aromatic N) is 2. The number of halogens is 1. The molecule has 21 heavy (non-hydrogen) atoms. The molecule has 0 radical (unpaired) electrons. The molecule has 0 saturated carbocycles. The van der Waals surface area contributed by atoms with Crippen LogP contribution in [0.5, 0.6) is 0 Å². The Labute approximate surface area is 147 Å². The molecule has 1 fully saturated rings. The Hall–Kier alpha value is -0.0800. The second-order valence-electron chi connectivity index (χ2n) is 5.98. The number of hydrogen-bond acceptors (Lipinski definition) is 3. The fraction of sp³-hybridized carbons (Fsp3) is 0.933. The second kappa shape index (κ2) is 12.5. The summed E-state index contributed by atoms with van der Waals surface area (Å²) in [7, 11) is 3.51. The van der Waals surface area contributed by atoms with Gasteiger partial charge in [-0.2, -0.15) is 0 Å². The van der Waals surface area contributed by atoms with Gasteiger partial charge < -0.3 is 20.3 Å². The average molecular weight is 412 g/mol. The zero-order valence-corrected chi connectivity index (χ0v) is 16.4. The van der Waals surface area contributed by atoms with Crippen LogP contribution in [0.4, 0.5) is 0 Å². The predicted octanol–water partition coefficient (Wildman–Crippen LogP) is 1.78. The highest BCUT2D eigenvalue weighted by molar-refractivity contribution is 14.0. The minimum Gasteiger partial charge on any atom is -0.383 e. The molecule has 1 heterocycles. The fourth-order valence-corrected chi connectivity index (χ4v) is 2.98. The van der Waals surface area contributed by atoms with Gasteiger partial charge in [-0.1, -0.05) is 13.8 Å². The van der Waals surface area contributed by atoms with Crippen molar-refractivity contribution in [2.24, 2.45) is 16.8 Å². The van der Waals surface area contributed by atoms with Crippen molar-refractivity contribution in [1.82, 2.24) is 15.5 Å². The van der Waals surface area contributed by atoms with Crippen molar-refractivity contribution < 1.29 is 4.74 Å². The lowest BCUT2D eigenvalue weighted by Gasteiger charge is -2.35. The zero-order valence-electron chi connectivity index (χ0n) is 14.0. The lowest BCUT2D eigenvalue weighted by atomic mass is 9.92. The number of ether oxygens (including phenoxy) is 1. The molecule has 2 N–H and O–H groups in total. The van der Waals surface area contributed by atoms with Crippen LogP contribution in [0.25, 0.3) is 0 Å². The Morgan fingerprint density at radius 1 is 1.19 bits per heavy atom. The van der Waals surface area contributed by atoms with Gasteiger partial charge in [0.25, 0.3) is 0 Å². The van der Waals surface area contributed by atoms with E-state index in [2.05, 4.69) is 34.4 Å². The number of methoxy groups -OCH3 is 1. The van der Waals surface area contributed by atoms with E-state index in [9.17, 15) is 0 Å². The molecule has 0 bridgehead atoms. The third kappa shape index (κ3) is 9.52. The van der Waals surface area contributed by atoms with Crippen molar-refractivity contribution in [3.8, 4) is 0 Å². The largest absolute Gasteiger partial charge is 0.383 e. The summed E-state index contributed by atoms with van der Waals surface area (Å²) in [6.07, 6.45) is 2.54. The third-order valence-electron chi connectivity index (χ3n) is 3.71. The summed E-state index contributed by atoms with van der Waals surface area (Å²) < 4.78 is 5.01. The summed E-state index contributed by atoms with van der Waals surface area (Å²) in [5.74, 6) is 2.55. The Morgan fingerprint density at radius 2 is 1.81 bits per heavy atom. The van der Waals surface area contributed by atoms with Crippen LogP contribution in [-0.2, 0) is 4.74 Å². The topological polar surface area (TPSA) is 48.9 Å². The highest BCUT2D eigenvalue weighted by Crippen LogP contribution is 2.20. The molecule has 1 rings (SSSR count). The van der Waals surface area contributed by atoms with Crippen LogP contribution in [0.2, 0.25) is 0 Å². The SMILES string of the molecule is CN=C(NCCCN1CC(C)CC(C)C1)NCCOC.I. The van der Waals surface area contributed by atoms with Crippen LogP contribution in [0.15, 0.2) is 4.99 Å². The molecule has 1 saturated heterocycles. The number of likely N-dealkylation sites (tertiary alicyclic amines) is 1. The van der Waals surface area contributed by atoms with Crippen LogP contribution in [0.1, 0.15) is 26.7 Å². The van der Waals surface area contributed by atoms with Gasteiger partial charge in [-0.15, -0.1) is 24.0 Å². The number of aliphatic imine (C=N–C) groups is 1. The summed E-state index contributed by atoms with van der Waals surface area (Å²) in [5, 5.41) is 6.57. The molecule has 0 aromatic carbocycles. The summed E-state index contributed by atoms with van der Waals surface area (Å²) in [6.45, 7) is 10.9. The van der Waals surface area contributed by atoms with Gasteiger partial charge in [-0.05, 0) is 31.2 Å². The van der Waals surface area contributed by atoms with E-state index in [0.717, 1.165) is 37.3 Å². The predicted molar refractivity (Wildman–Crippen MR) is 101 cm³/mol. The fourth-order valence-electron chi connectivity index (χ4n) is 2.98. The second-order valence-corrected chi connectivity index (χ2v) is 5.98. The first-order valence-corrected chi connectivity index (χ1v) is 7.81. The van der Waals surface area contributed by atoms with Crippen LogP contribution >= 0.6 is 24.0 Å². The maximum Gasteiger partial charge on any atom is 0.191 e. The maximum absolute atomic E-state index is 5.01. The quantitative estimate of drug-likeness (QED) is 0.290. The molecule has 0 amide bonds. The highest BCUT2D eigenvalue weighted by Gasteiger charge is 2.20. The third-order valence-corrected chi connectivity index (χ3v) is 3.71. The number of rotatable bonds is 7. The van der Waals surface area contributed by atoms with Gasteiger partial charge in [0.15, 0.2) is 5.96 Å². The van der Waals surface area contributed by atoms with Gasteiger partial charge in [0, 0.05) is 40.3 Å². The van der Waals surface area contributed by atoms with E-state index < -0.39 is 0 Å². The molecule has 6 heteroatoms. The minimum absolute atomic E-state index is 0. The lowest BCUT2D eigenvalue weighted by Crippen LogP contribution is -2.42. The van der Waals surface area contributed by atoms with Crippen molar-refractivity contribution in [3.63, 3.8) is 0 Å². The first-order valence-electron chi connectivity index (χ1n) is 7.81. The average Bonchev–Trinajstić information content (AvgIpc) is 2.40. The molecular formula is C15H33IN4O. The monoisotopic (exact) mass is 412 g/mol. The van der Waals surface area contributed by atoms with Gasteiger partial charge in [-0.3, -0.25) is 4.99 Å². The van der Waals surface area contributed by atoms with E-state index in [1.807, 2.05) is 0 Å². The van der Waals surface area contributed by atoms with Crippen molar-refractivity contribution in [2.45, 2.75) is 26.7 Å². The number of hydrogen-bond donors (Lipinski definition) is 2. The Bertz CT molecular complexity index is 279. The van der Waals surface area contributed by atoms with E-state index in [1.54, 1.807) is 14.2 Å². The molecule has 0 aromatic heterocycles. The van der Waals surface area contributed by atoms with Crippen LogP contribution in [-0.4, -0.2) is 64.3 Å². The first-order chi connectivity index (χ1) is 9.65. The van der Waals surface area contributed by atoms with Crippen molar-refractivity contribution in [2.75, 3.05) is 53.5 Å².